The monoisotopic (exact) mass is 322 g/mol. The van der Waals surface area contributed by atoms with Gasteiger partial charge in [0.2, 0.25) is 5.91 Å². The molecule has 0 aromatic carbocycles. The van der Waals surface area contributed by atoms with Gasteiger partial charge in [0.15, 0.2) is 5.16 Å². The van der Waals surface area contributed by atoms with E-state index in [9.17, 15) is 4.79 Å². The van der Waals surface area contributed by atoms with Gasteiger partial charge in [-0.15, -0.1) is 28.1 Å². The number of rotatable bonds is 7. The highest BCUT2D eigenvalue weighted by atomic mass is 32.2. The summed E-state index contributed by atoms with van der Waals surface area (Å²) < 4.78 is 1.95. The van der Waals surface area contributed by atoms with Gasteiger partial charge in [-0.2, -0.15) is 0 Å². The second-order valence-corrected chi connectivity index (χ2v) is 6.52. The second kappa shape index (κ2) is 7.42. The first-order valence-corrected chi connectivity index (χ1v) is 8.38. The molecule has 0 aliphatic heterocycles. The lowest BCUT2D eigenvalue weighted by atomic mass is 10.4. The van der Waals surface area contributed by atoms with Crippen LogP contribution in [0.25, 0.3) is 0 Å². The fourth-order valence-corrected chi connectivity index (χ4v) is 3.46. The Morgan fingerprint density at radius 2 is 2.38 bits per heavy atom. The van der Waals surface area contributed by atoms with Crippen molar-refractivity contribution in [2.75, 3.05) is 12.8 Å². The van der Waals surface area contributed by atoms with E-state index in [4.69, 9.17) is 0 Å². The number of nitrogens with zero attached hydrogens (tertiary/aromatic N) is 4. The van der Waals surface area contributed by atoms with E-state index < -0.39 is 0 Å². The van der Waals surface area contributed by atoms with Gasteiger partial charge in [0.05, 0.1) is 12.3 Å². The number of aryl methyl sites for hydroxylation is 1. The number of carbonyl (C=O) groups is 1. The average Bonchev–Trinajstić information content (AvgIpc) is 3.08. The van der Waals surface area contributed by atoms with Gasteiger partial charge in [0.25, 0.3) is 0 Å². The second-order valence-electron chi connectivity index (χ2n) is 4.55. The highest BCUT2D eigenvalue weighted by Crippen LogP contribution is 2.18. The van der Waals surface area contributed by atoms with Crippen LogP contribution in [0, 0.1) is 6.92 Å². The van der Waals surface area contributed by atoms with Crippen molar-refractivity contribution in [1.82, 2.24) is 19.7 Å². The van der Waals surface area contributed by atoms with Crippen molar-refractivity contribution in [2.45, 2.75) is 25.2 Å². The molecule has 2 rings (SSSR count). The molecule has 0 fully saturated rings. The zero-order valence-corrected chi connectivity index (χ0v) is 13.8. The number of allylic oxidation sites excluding steroid dienone is 1. The van der Waals surface area contributed by atoms with E-state index in [0.717, 1.165) is 11.0 Å². The predicted molar refractivity (Wildman–Crippen MR) is 86.5 cm³/mol. The third-order valence-corrected chi connectivity index (χ3v) is 4.75. The predicted octanol–water partition coefficient (Wildman–Crippen LogP) is 2.58. The quantitative estimate of drug-likeness (QED) is 0.581. The molecule has 0 N–H and O–H groups in total. The van der Waals surface area contributed by atoms with Gasteiger partial charge in [-0.05, 0) is 18.4 Å². The summed E-state index contributed by atoms with van der Waals surface area (Å²) in [6.45, 7) is 6.92. The first-order valence-electron chi connectivity index (χ1n) is 6.51. The molecule has 5 nitrogen and oxygen atoms in total. The highest BCUT2D eigenvalue weighted by Gasteiger charge is 2.14. The standard InChI is InChI=1S/C14H18N4OS2/c1-4-7-18-11(2)15-16-14(18)21-10-13(19)17(3)9-12-6-5-8-20-12/h4-6,8H,1,7,9-10H2,2-3H3. The molecular formula is C14H18N4OS2. The third kappa shape index (κ3) is 4.18. The summed E-state index contributed by atoms with van der Waals surface area (Å²) in [7, 11) is 1.82. The molecular weight excluding hydrogens is 304 g/mol. The van der Waals surface area contributed by atoms with Crippen molar-refractivity contribution in [3.8, 4) is 0 Å². The maximum atomic E-state index is 12.2. The fraction of sp³-hybridized carbons (Fsp3) is 0.357. The Hall–Kier alpha value is -1.60. The van der Waals surface area contributed by atoms with Crippen LogP contribution < -0.4 is 0 Å². The molecule has 21 heavy (non-hydrogen) atoms. The normalized spacial score (nSPS) is 10.6. The van der Waals surface area contributed by atoms with Crippen LogP contribution in [0.4, 0.5) is 0 Å². The number of hydrogen-bond acceptors (Lipinski definition) is 5. The summed E-state index contributed by atoms with van der Waals surface area (Å²) in [4.78, 5) is 15.1. The van der Waals surface area contributed by atoms with E-state index in [1.54, 1.807) is 22.3 Å². The first kappa shape index (κ1) is 15.8. The minimum atomic E-state index is 0.0826. The molecule has 0 aliphatic carbocycles. The third-order valence-electron chi connectivity index (χ3n) is 2.94. The summed E-state index contributed by atoms with van der Waals surface area (Å²) >= 11 is 3.07. The summed E-state index contributed by atoms with van der Waals surface area (Å²) in [6, 6.07) is 4.03. The van der Waals surface area contributed by atoms with Crippen molar-refractivity contribution in [1.29, 1.82) is 0 Å². The van der Waals surface area contributed by atoms with Crippen LogP contribution in [0.15, 0.2) is 35.3 Å². The van der Waals surface area contributed by atoms with Crippen LogP contribution in [0.5, 0.6) is 0 Å². The molecule has 0 spiro atoms. The van der Waals surface area contributed by atoms with E-state index in [2.05, 4.69) is 16.8 Å². The molecule has 0 aliphatic rings. The van der Waals surface area contributed by atoms with Gasteiger partial charge in [-0.3, -0.25) is 4.79 Å². The minimum absolute atomic E-state index is 0.0826. The van der Waals surface area contributed by atoms with Crippen molar-refractivity contribution in [3.63, 3.8) is 0 Å². The molecule has 112 valence electrons. The smallest absolute Gasteiger partial charge is 0.233 e. The Morgan fingerprint density at radius 3 is 3.05 bits per heavy atom. The zero-order valence-electron chi connectivity index (χ0n) is 12.2. The number of thioether (sulfide) groups is 1. The Morgan fingerprint density at radius 1 is 1.57 bits per heavy atom. The van der Waals surface area contributed by atoms with E-state index >= 15 is 0 Å². The number of aromatic nitrogens is 3. The van der Waals surface area contributed by atoms with Gasteiger partial charge >= 0.3 is 0 Å². The van der Waals surface area contributed by atoms with Crippen molar-refractivity contribution in [3.05, 3.63) is 40.9 Å². The number of amides is 1. The van der Waals surface area contributed by atoms with Gasteiger partial charge in [-0.25, -0.2) is 0 Å². The molecule has 2 aromatic rings. The zero-order chi connectivity index (χ0) is 15.2. The lowest BCUT2D eigenvalue weighted by molar-refractivity contribution is -0.127. The molecule has 0 saturated carbocycles. The Kier molecular flexibility index (Phi) is 5.58. The topological polar surface area (TPSA) is 51.0 Å². The molecule has 0 unspecified atom stereocenters. The molecule has 1 amide bonds. The Labute approximate surface area is 132 Å². The van der Waals surface area contributed by atoms with Crippen LogP contribution in [-0.4, -0.2) is 38.4 Å². The van der Waals surface area contributed by atoms with Gasteiger partial charge in [0.1, 0.15) is 5.82 Å². The molecule has 0 radical (unpaired) electrons. The molecule has 0 bridgehead atoms. The lowest BCUT2D eigenvalue weighted by Gasteiger charge is -2.15. The molecule has 2 heterocycles. The number of thiophene rings is 1. The average molecular weight is 322 g/mol. The summed E-state index contributed by atoms with van der Waals surface area (Å²) in [6.07, 6.45) is 1.80. The maximum Gasteiger partial charge on any atom is 0.233 e. The summed E-state index contributed by atoms with van der Waals surface area (Å²) in [5.41, 5.74) is 0. The van der Waals surface area contributed by atoms with Gasteiger partial charge in [0, 0.05) is 18.5 Å². The number of carbonyl (C=O) groups excluding carboxylic acids is 1. The van der Waals surface area contributed by atoms with Crippen molar-refractivity contribution >= 4 is 29.0 Å². The minimum Gasteiger partial charge on any atom is -0.340 e. The van der Waals surface area contributed by atoms with Crippen LogP contribution in [0.1, 0.15) is 10.7 Å². The van der Waals surface area contributed by atoms with E-state index in [0.29, 0.717) is 18.8 Å². The first-order chi connectivity index (χ1) is 10.1. The van der Waals surface area contributed by atoms with Crippen LogP contribution >= 0.6 is 23.1 Å². The van der Waals surface area contributed by atoms with Gasteiger partial charge < -0.3 is 9.47 Å². The maximum absolute atomic E-state index is 12.2. The Balaban J connectivity index is 1.90. The van der Waals surface area contributed by atoms with E-state index in [1.165, 1.54) is 16.6 Å². The van der Waals surface area contributed by atoms with E-state index in [1.807, 2.05) is 36.1 Å². The van der Waals surface area contributed by atoms with Crippen LogP contribution in [-0.2, 0) is 17.9 Å². The summed E-state index contributed by atoms with van der Waals surface area (Å²) in [5, 5.41) is 10.9. The molecule has 7 heteroatoms. The van der Waals surface area contributed by atoms with Gasteiger partial charge in [-0.1, -0.05) is 23.9 Å². The number of hydrogen-bond donors (Lipinski definition) is 0. The van der Waals surface area contributed by atoms with Crippen molar-refractivity contribution in [2.24, 2.45) is 0 Å². The Bertz CT molecular complexity index is 607. The van der Waals surface area contributed by atoms with Crippen molar-refractivity contribution < 1.29 is 4.79 Å². The van der Waals surface area contributed by atoms with Crippen LogP contribution in [0.3, 0.4) is 0 Å². The molecule has 0 atom stereocenters. The SMILES string of the molecule is C=CCn1c(C)nnc1SCC(=O)N(C)Cc1cccs1. The van der Waals surface area contributed by atoms with E-state index in [-0.39, 0.29) is 5.91 Å². The highest BCUT2D eigenvalue weighted by molar-refractivity contribution is 7.99. The lowest BCUT2D eigenvalue weighted by Crippen LogP contribution is -2.27. The fourth-order valence-electron chi connectivity index (χ4n) is 1.77. The largest absolute Gasteiger partial charge is 0.340 e. The summed E-state index contributed by atoms with van der Waals surface area (Å²) in [5.74, 6) is 1.27. The van der Waals surface area contributed by atoms with Crippen LogP contribution in [0.2, 0.25) is 0 Å². The molecule has 0 saturated heterocycles. The molecule has 2 aromatic heterocycles.